The van der Waals surface area contributed by atoms with Gasteiger partial charge in [-0.05, 0) is 31.4 Å². The summed E-state index contributed by atoms with van der Waals surface area (Å²) in [5.74, 6) is 0. The van der Waals surface area contributed by atoms with Crippen LogP contribution >= 0.6 is 11.8 Å². The Bertz CT molecular complexity index is 329. The molecule has 0 spiro atoms. The molecule has 0 saturated carbocycles. The molecule has 1 heterocycles. The van der Waals surface area contributed by atoms with Crippen molar-refractivity contribution in [3.63, 3.8) is 0 Å². The van der Waals surface area contributed by atoms with Crippen LogP contribution in [0.1, 0.15) is 18.3 Å². The average Bonchev–Trinajstić information content (AvgIpc) is 2.14. The van der Waals surface area contributed by atoms with Crippen LogP contribution in [-0.2, 0) is 0 Å². The normalized spacial score (nSPS) is 11.4. The Balaban J connectivity index is 2.98. The SMILES string of the molecule is C=CS/C(=C\C)c1cccc(C)n1. The first-order valence-electron chi connectivity index (χ1n) is 4.16. The van der Waals surface area contributed by atoms with Gasteiger partial charge in [0.05, 0.1) is 5.69 Å². The molecule has 1 aromatic heterocycles. The fourth-order valence-corrected chi connectivity index (χ4v) is 1.60. The summed E-state index contributed by atoms with van der Waals surface area (Å²) in [6.45, 7) is 7.70. The van der Waals surface area contributed by atoms with Gasteiger partial charge in [-0.1, -0.05) is 30.5 Å². The van der Waals surface area contributed by atoms with Crippen LogP contribution in [0.2, 0.25) is 0 Å². The summed E-state index contributed by atoms with van der Waals surface area (Å²) in [4.78, 5) is 5.58. The molecule has 0 bridgehead atoms. The Morgan fingerprint density at radius 2 is 2.31 bits per heavy atom. The third-order valence-corrected chi connectivity index (χ3v) is 2.48. The summed E-state index contributed by atoms with van der Waals surface area (Å²) < 4.78 is 0. The number of hydrogen-bond donors (Lipinski definition) is 0. The fraction of sp³-hybridized carbons (Fsp3) is 0.182. The maximum atomic E-state index is 4.43. The van der Waals surface area contributed by atoms with Crippen molar-refractivity contribution in [2.75, 3.05) is 0 Å². The zero-order chi connectivity index (χ0) is 9.68. The predicted octanol–water partition coefficient (Wildman–Crippen LogP) is 3.63. The van der Waals surface area contributed by atoms with Crippen LogP contribution in [0.5, 0.6) is 0 Å². The van der Waals surface area contributed by atoms with Gasteiger partial charge in [0.15, 0.2) is 0 Å². The molecule has 0 aliphatic carbocycles. The van der Waals surface area contributed by atoms with Gasteiger partial charge in [-0.25, -0.2) is 0 Å². The lowest BCUT2D eigenvalue weighted by atomic mass is 10.3. The van der Waals surface area contributed by atoms with Crippen LogP contribution in [0.25, 0.3) is 4.91 Å². The summed E-state index contributed by atoms with van der Waals surface area (Å²) in [6.07, 6.45) is 2.05. The molecular formula is C11H13NS. The van der Waals surface area contributed by atoms with E-state index in [9.17, 15) is 0 Å². The highest BCUT2D eigenvalue weighted by molar-refractivity contribution is 8.10. The minimum atomic E-state index is 1.02. The molecular weight excluding hydrogens is 178 g/mol. The van der Waals surface area contributed by atoms with Crippen LogP contribution in [-0.4, -0.2) is 4.98 Å². The second-order valence-electron chi connectivity index (χ2n) is 2.60. The zero-order valence-corrected chi connectivity index (χ0v) is 8.77. The van der Waals surface area contributed by atoms with Gasteiger partial charge in [-0.2, -0.15) is 0 Å². The van der Waals surface area contributed by atoms with Crippen LogP contribution in [0.3, 0.4) is 0 Å². The van der Waals surface area contributed by atoms with Crippen LogP contribution < -0.4 is 0 Å². The predicted molar refractivity (Wildman–Crippen MR) is 60.4 cm³/mol. The second-order valence-corrected chi connectivity index (χ2v) is 3.61. The molecule has 1 nitrogen and oxygen atoms in total. The number of thioether (sulfide) groups is 1. The molecule has 68 valence electrons. The summed E-state index contributed by atoms with van der Waals surface area (Å²) in [6, 6.07) is 6.03. The van der Waals surface area contributed by atoms with Gasteiger partial charge >= 0.3 is 0 Å². The van der Waals surface area contributed by atoms with Gasteiger partial charge in [0.25, 0.3) is 0 Å². The van der Waals surface area contributed by atoms with Crippen molar-refractivity contribution < 1.29 is 0 Å². The van der Waals surface area contributed by atoms with Gasteiger partial charge in [0.2, 0.25) is 0 Å². The van der Waals surface area contributed by atoms with Gasteiger partial charge < -0.3 is 0 Å². The Morgan fingerprint density at radius 3 is 2.85 bits per heavy atom. The van der Waals surface area contributed by atoms with Crippen molar-refractivity contribution >= 4 is 16.7 Å². The summed E-state index contributed by atoms with van der Waals surface area (Å²) in [5, 5.41) is 1.82. The Labute approximate surface area is 83.6 Å². The number of hydrogen-bond acceptors (Lipinski definition) is 2. The maximum absolute atomic E-state index is 4.43. The Hall–Kier alpha value is -1.02. The molecule has 0 amide bonds. The monoisotopic (exact) mass is 191 g/mol. The summed E-state index contributed by atoms with van der Waals surface area (Å²) in [7, 11) is 0. The molecule has 0 fully saturated rings. The molecule has 0 radical (unpaired) electrons. The lowest BCUT2D eigenvalue weighted by Crippen LogP contribution is -1.87. The zero-order valence-electron chi connectivity index (χ0n) is 7.95. The van der Waals surface area contributed by atoms with Crippen LogP contribution in [0, 0.1) is 6.92 Å². The van der Waals surface area contributed by atoms with E-state index in [2.05, 4.69) is 11.6 Å². The summed E-state index contributed by atoms with van der Waals surface area (Å²) >= 11 is 1.60. The number of nitrogens with zero attached hydrogens (tertiary/aromatic N) is 1. The number of pyridine rings is 1. The van der Waals surface area contributed by atoms with E-state index in [4.69, 9.17) is 0 Å². The largest absolute Gasteiger partial charge is 0.253 e. The van der Waals surface area contributed by atoms with Crippen molar-refractivity contribution in [1.82, 2.24) is 4.98 Å². The van der Waals surface area contributed by atoms with Crippen molar-refractivity contribution in [3.8, 4) is 0 Å². The van der Waals surface area contributed by atoms with E-state index in [1.165, 1.54) is 0 Å². The van der Waals surface area contributed by atoms with E-state index in [0.29, 0.717) is 0 Å². The number of aromatic nitrogens is 1. The molecule has 0 aliphatic heterocycles. The first kappa shape index (κ1) is 10.1. The smallest absolute Gasteiger partial charge is 0.0768 e. The molecule has 0 atom stereocenters. The lowest BCUT2D eigenvalue weighted by molar-refractivity contribution is 1.18. The van der Waals surface area contributed by atoms with Gasteiger partial charge in [0.1, 0.15) is 0 Å². The van der Waals surface area contributed by atoms with Gasteiger partial charge in [-0.15, -0.1) is 0 Å². The first-order valence-corrected chi connectivity index (χ1v) is 5.03. The molecule has 2 heteroatoms. The molecule has 0 N–H and O–H groups in total. The minimum Gasteiger partial charge on any atom is -0.253 e. The second kappa shape index (κ2) is 4.87. The van der Waals surface area contributed by atoms with E-state index in [1.807, 2.05) is 43.5 Å². The molecule has 13 heavy (non-hydrogen) atoms. The first-order chi connectivity index (χ1) is 6.27. The van der Waals surface area contributed by atoms with Gasteiger partial charge in [0, 0.05) is 10.6 Å². The summed E-state index contributed by atoms with van der Waals surface area (Å²) in [5.41, 5.74) is 2.06. The Kier molecular flexibility index (Phi) is 3.77. The number of allylic oxidation sites excluding steroid dienone is 1. The maximum Gasteiger partial charge on any atom is 0.0768 e. The van der Waals surface area contributed by atoms with Gasteiger partial charge in [-0.3, -0.25) is 4.98 Å². The lowest BCUT2D eigenvalue weighted by Gasteiger charge is -2.02. The van der Waals surface area contributed by atoms with E-state index in [-0.39, 0.29) is 0 Å². The number of rotatable bonds is 3. The molecule has 1 rings (SSSR count). The van der Waals surface area contributed by atoms with E-state index in [1.54, 1.807) is 11.8 Å². The molecule has 0 aliphatic rings. The van der Waals surface area contributed by atoms with Crippen molar-refractivity contribution in [1.29, 1.82) is 0 Å². The molecule has 0 saturated heterocycles. The third-order valence-electron chi connectivity index (χ3n) is 1.61. The number of aryl methyl sites for hydroxylation is 1. The molecule has 1 aromatic rings. The van der Waals surface area contributed by atoms with E-state index in [0.717, 1.165) is 16.3 Å². The highest BCUT2D eigenvalue weighted by atomic mass is 32.2. The topological polar surface area (TPSA) is 12.9 Å². The highest BCUT2D eigenvalue weighted by Crippen LogP contribution is 2.26. The van der Waals surface area contributed by atoms with Crippen molar-refractivity contribution in [3.05, 3.63) is 47.6 Å². The van der Waals surface area contributed by atoms with E-state index < -0.39 is 0 Å². The molecule has 0 unspecified atom stereocenters. The standard InChI is InChI=1S/C11H13NS/c1-4-11(13-5-2)10-8-6-7-9(3)12-10/h4-8H,2H2,1,3H3/b11-4-. The molecule has 0 aromatic carbocycles. The highest BCUT2D eigenvalue weighted by Gasteiger charge is 2.00. The van der Waals surface area contributed by atoms with Crippen LogP contribution in [0.15, 0.2) is 36.3 Å². The van der Waals surface area contributed by atoms with E-state index >= 15 is 0 Å². The Morgan fingerprint density at radius 1 is 1.54 bits per heavy atom. The fourth-order valence-electron chi connectivity index (χ4n) is 1.05. The minimum absolute atomic E-state index is 1.02. The quantitative estimate of drug-likeness (QED) is 0.723. The van der Waals surface area contributed by atoms with Crippen molar-refractivity contribution in [2.24, 2.45) is 0 Å². The van der Waals surface area contributed by atoms with Crippen molar-refractivity contribution in [2.45, 2.75) is 13.8 Å². The van der Waals surface area contributed by atoms with Crippen LogP contribution in [0.4, 0.5) is 0 Å². The third kappa shape index (κ3) is 2.74. The average molecular weight is 191 g/mol.